The van der Waals surface area contributed by atoms with Crippen molar-refractivity contribution in [3.05, 3.63) is 0 Å². The van der Waals surface area contributed by atoms with Crippen LogP contribution in [-0.2, 0) is 4.74 Å². The highest BCUT2D eigenvalue weighted by molar-refractivity contribution is 4.70. The standard InChI is InChI=1S/C11H24N2O3/c1-10(6-4-8-14)12-13-11(2,16-3)7-5-9-15/h10,14-15H,4-9H2,1-3H3/b13-12+. The number of hydrogen-bond donors (Lipinski definition) is 2. The topological polar surface area (TPSA) is 74.4 Å². The zero-order valence-corrected chi connectivity index (χ0v) is 10.5. The lowest BCUT2D eigenvalue weighted by molar-refractivity contribution is -0.00545. The van der Waals surface area contributed by atoms with E-state index in [0.29, 0.717) is 12.8 Å². The fourth-order valence-corrected chi connectivity index (χ4v) is 1.27. The minimum Gasteiger partial charge on any atom is -0.396 e. The molecule has 0 rings (SSSR count). The molecular formula is C11H24N2O3. The molecule has 0 aromatic heterocycles. The van der Waals surface area contributed by atoms with Crippen molar-refractivity contribution < 1.29 is 14.9 Å². The van der Waals surface area contributed by atoms with E-state index in [-0.39, 0.29) is 19.3 Å². The summed E-state index contributed by atoms with van der Waals surface area (Å²) in [6.45, 7) is 4.13. The van der Waals surface area contributed by atoms with E-state index < -0.39 is 5.72 Å². The van der Waals surface area contributed by atoms with Gasteiger partial charge in [-0.15, -0.1) is 0 Å². The maximum atomic E-state index is 8.76. The van der Waals surface area contributed by atoms with E-state index >= 15 is 0 Å². The van der Waals surface area contributed by atoms with Gasteiger partial charge in [-0.3, -0.25) is 0 Å². The van der Waals surface area contributed by atoms with Crippen LogP contribution in [0.25, 0.3) is 0 Å². The van der Waals surface area contributed by atoms with Crippen molar-refractivity contribution in [1.29, 1.82) is 0 Å². The van der Waals surface area contributed by atoms with Crippen molar-refractivity contribution in [1.82, 2.24) is 0 Å². The summed E-state index contributed by atoms with van der Waals surface area (Å²) in [7, 11) is 1.59. The van der Waals surface area contributed by atoms with Crippen molar-refractivity contribution in [2.24, 2.45) is 10.2 Å². The normalized spacial score (nSPS) is 17.6. The lowest BCUT2D eigenvalue weighted by atomic mass is 10.1. The SMILES string of the molecule is COC(C)(CCCO)/N=N/C(C)CCCO. The van der Waals surface area contributed by atoms with Gasteiger partial charge in [0.05, 0.1) is 6.04 Å². The number of azo groups is 1. The minimum absolute atomic E-state index is 0.0933. The summed E-state index contributed by atoms with van der Waals surface area (Å²) in [6, 6.07) is 0.0933. The number of ether oxygens (including phenoxy) is 1. The number of aliphatic hydroxyl groups excluding tert-OH is 2. The van der Waals surface area contributed by atoms with Crippen LogP contribution in [0.15, 0.2) is 10.2 Å². The molecule has 0 aliphatic heterocycles. The van der Waals surface area contributed by atoms with Gasteiger partial charge < -0.3 is 14.9 Å². The first kappa shape index (κ1) is 15.5. The maximum Gasteiger partial charge on any atom is 0.175 e. The largest absolute Gasteiger partial charge is 0.396 e. The van der Waals surface area contributed by atoms with Crippen LogP contribution in [0.3, 0.4) is 0 Å². The highest BCUT2D eigenvalue weighted by Gasteiger charge is 2.22. The number of rotatable bonds is 9. The van der Waals surface area contributed by atoms with E-state index in [1.165, 1.54) is 0 Å². The third-order valence-electron chi connectivity index (χ3n) is 2.48. The summed E-state index contributed by atoms with van der Waals surface area (Å²) in [6.07, 6.45) is 2.85. The van der Waals surface area contributed by atoms with Crippen LogP contribution in [0.4, 0.5) is 0 Å². The van der Waals surface area contributed by atoms with Crippen LogP contribution in [0.2, 0.25) is 0 Å². The van der Waals surface area contributed by atoms with Crippen LogP contribution in [0.1, 0.15) is 39.5 Å². The van der Waals surface area contributed by atoms with Gasteiger partial charge in [-0.25, -0.2) is 0 Å². The number of hydrogen-bond acceptors (Lipinski definition) is 5. The van der Waals surface area contributed by atoms with Crippen molar-refractivity contribution in [2.45, 2.75) is 51.3 Å². The van der Waals surface area contributed by atoms with E-state index in [1.807, 2.05) is 13.8 Å². The molecule has 2 unspecified atom stereocenters. The van der Waals surface area contributed by atoms with Gasteiger partial charge in [0, 0.05) is 26.7 Å². The first-order chi connectivity index (χ1) is 7.58. The maximum absolute atomic E-state index is 8.76. The summed E-state index contributed by atoms with van der Waals surface area (Å²) in [5.41, 5.74) is -0.643. The highest BCUT2D eigenvalue weighted by Crippen LogP contribution is 2.19. The zero-order chi connectivity index (χ0) is 12.4. The zero-order valence-electron chi connectivity index (χ0n) is 10.5. The van der Waals surface area contributed by atoms with Gasteiger partial charge in [0.25, 0.3) is 0 Å². The average molecular weight is 232 g/mol. The first-order valence-electron chi connectivity index (χ1n) is 5.77. The summed E-state index contributed by atoms with van der Waals surface area (Å²) in [4.78, 5) is 0. The third-order valence-corrected chi connectivity index (χ3v) is 2.48. The Morgan fingerprint density at radius 3 is 2.38 bits per heavy atom. The number of nitrogens with zero attached hydrogens (tertiary/aromatic N) is 2. The van der Waals surface area contributed by atoms with Crippen LogP contribution in [-0.4, -0.2) is 42.3 Å². The molecule has 96 valence electrons. The molecule has 5 heteroatoms. The molecule has 2 atom stereocenters. The predicted octanol–water partition coefficient (Wildman–Crippen LogP) is 1.73. The van der Waals surface area contributed by atoms with Crippen LogP contribution in [0.5, 0.6) is 0 Å². The van der Waals surface area contributed by atoms with Gasteiger partial charge >= 0.3 is 0 Å². The molecule has 0 aliphatic rings. The molecule has 0 radical (unpaired) electrons. The van der Waals surface area contributed by atoms with Crippen LogP contribution in [0, 0.1) is 0 Å². The lowest BCUT2D eigenvalue weighted by Crippen LogP contribution is -2.24. The second kappa shape index (κ2) is 8.61. The van der Waals surface area contributed by atoms with Gasteiger partial charge in [-0.2, -0.15) is 10.2 Å². The summed E-state index contributed by atoms with van der Waals surface area (Å²) in [5, 5.41) is 25.8. The molecule has 0 heterocycles. The smallest absolute Gasteiger partial charge is 0.175 e. The highest BCUT2D eigenvalue weighted by atomic mass is 16.5. The third kappa shape index (κ3) is 6.87. The van der Waals surface area contributed by atoms with Gasteiger partial charge in [0.15, 0.2) is 5.72 Å². The van der Waals surface area contributed by atoms with Crippen LogP contribution < -0.4 is 0 Å². The molecule has 0 amide bonds. The number of aliphatic hydroxyl groups is 2. The quantitative estimate of drug-likeness (QED) is 0.594. The van der Waals surface area contributed by atoms with E-state index in [9.17, 15) is 0 Å². The molecule has 0 bridgehead atoms. The van der Waals surface area contributed by atoms with Gasteiger partial charge in [0.2, 0.25) is 0 Å². The minimum atomic E-state index is -0.643. The fraction of sp³-hybridized carbons (Fsp3) is 1.00. The Morgan fingerprint density at radius 1 is 1.25 bits per heavy atom. The Morgan fingerprint density at radius 2 is 1.88 bits per heavy atom. The lowest BCUT2D eigenvalue weighted by Gasteiger charge is -2.22. The Bertz CT molecular complexity index is 200. The average Bonchev–Trinajstić information content (AvgIpc) is 2.31. The van der Waals surface area contributed by atoms with Gasteiger partial charge in [-0.05, 0) is 33.1 Å². The summed E-state index contributed by atoms with van der Waals surface area (Å²) < 4.78 is 5.27. The van der Waals surface area contributed by atoms with Crippen molar-refractivity contribution in [3.63, 3.8) is 0 Å². The predicted molar refractivity (Wildman–Crippen MR) is 62.4 cm³/mol. The van der Waals surface area contributed by atoms with E-state index in [2.05, 4.69) is 10.2 Å². The molecule has 0 aromatic carbocycles. The molecule has 0 fully saturated rings. The second-order valence-corrected chi connectivity index (χ2v) is 4.14. The van der Waals surface area contributed by atoms with Crippen molar-refractivity contribution in [3.8, 4) is 0 Å². The Labute approximate surface area is 97.5 Å². The van der Waals surface area contributed by atoms with E-state index in [1.54, 1.807) is 7.11 Å². The second-order valence-electron chi connectivity index (χ2n) is 4.14. The molecular weight excluding hydrogens is 208 g/mol. The molecule has 5 nitrogen and oxygen atoms in total. The molecule has 2 N–H and O–H groups in total. The van der Waals surface area contributed by atoms with Gasteiger partial charge in [0.1, 0.15) is 0 Å². The molecule has 0 saturated carbocycles. The van der Waals surface area contributed by atoms with Crippen LogP contribution >= 0.6 is 0 Å². The Kier molecular flexibility index (Phi) is 8.33. The van der Waals surface area contributed by atoms with E-state index in [0.717, 1.165) is 12.8 Å². The summed E-state index contributed by atoms with van der Waals surface area (Å²) >= 11 is 0. The van der Waals surface area contributed by atoms with Crippen molar-refractivity contribution >= 4 is 0 Å². The van der Waals surface area contributed by atoms with Gasteiger partial charge in [-0.1, -0.05) is 0 Å². The molecule has 0 aliphatic carbocycles. The fourth-order valence-electron chi connectivity index (χ4n) is 1.27. The monoisotopic (exact) mass is 232 g/mol. The summed E-state index contributed by atoms with van der Waals surface area (Å²) in [5.74, 6) is 0. The first-order valence-corrected chi connectivity index (χ1v) is 5.77. The molecule has 0 spiro atoms. The van der Waals surface area contributed by atoms with E-state index in [4.69, 9.17) is 14.9 Å². The molecule has 0 aromatic rings. The molecule has 16 heavy (non-hydrogen) atoms. The number of methoxy groups -OCH3 is 1. The Balaban J connectivity index is 4.11. The van der Waals surface area contributed by atoms with Crippen molar-refractivity contribution in [2.75, 3.05) is 20.3 Å². The Hall–Kier alpha value is -0.520. The molecule has 0 saturated heterocycles.